The van der Waals surface area contributed by atoms with Gasteiger partial charge in [-0.1, -0.05) is 151 Å². The third kappa shape index (κ3) is 13.5. The molecule has 2 aliphatic rings. The van der Waals surface area contributed by atoms with Crippen molar-refractivity contribution in [1.29, 1.82) is 0 Å². The number of aromatic hydroxyl groups is 1. The Kier molecular flexibility index (Phi) is 19.6. The lowest BCUT2D eigenvalue weighted by molar-refractivity contribution is -0.143. The minimum atomic E-state index is -0.651. The van der Waals surface area contributed by atoms with Crippen molar-refractivity contribution in [2.45, 2.75) is 193 Å². The van der Waals surface area contributed by atoms with Crippen LogP contribution in [-0.2, 0) is 20.4 Å². The van der Waals surface area contributed by atoms with Crippen LogP contribution in [0, 0.1) is 27.7 Å². The smallest absolute Gasteiger partial charge is 0.305 e. The Hall–Kier alpha value is -4.65. The quantitative estimate of drug-likeness (QED) is 0.0641. The van der Waals surface area contributed by atoms with E-state index in [2.05, 4.69) is 127 Å². The Bertz CT molecular complexity index is 2260. The van der Waals surface area contributed by atoms with Crippen LogP contribution in [0.4, 0.5) is 0 Å². The molecule has 364 valence electrons. The molecule has 6 nitrogen and oxygen atoms in total. The zero-order chi connectivity index (χ0) is 48.7. The zero-order valence-corrected chi connectivity index (χ0v) is 42.7. The number of hydrogen-bond acceptors (Lipinski definition) is 6. The van der Waals surface area contributed by atoms with Gasteiger partial charge in [0.05, 0.1) is 24.4 Å². The molecule has 0 spiro atoms. The van der Waals surface area contributed by atoms with E-state index in [1.165, 1.54) is 57.3 Å². The average molecular weight is 913 g/mol. The Morgan fingerprint density at radius 1 is 0.567 bits per heavy atom. The molecule has 0 aromatic heterocycles. The first-order valence-electron chi connectivity index (χ1n) is 25.9. The van der Waals surface area contributed by atoms with E-state index in [1.807, 2.05) is 32.1 Å². The van der Waals surface area contributed by atoms with Gasteiger partial charge >= 0.3 is 5.97 Å². The third-order valence-electron chi connectivity index (χ3n) is 15.5. The van der Waals surface area contributed by atoms with Crippen molar-refractivity contribution in [3.63, 3.8) is 0 Å². The molecule has 0 amide bonds. The van der Waals surface area contributed by atoms with Gasteiger partial charge in [0.15, 0.2) is 0 Å². The SMILES string of the molecule is CCC(CC)(c1ccc(O)c(C)c1)c1ccc(/C=C/C2(O)CCCCC2)c(C)c1.CCOC(=O)CCCCOc1ccc(C(CC)(CC)c2ccc(/C=C/C3(O)CCCCC3)c(C)c2)cc1C. The second-order valence-electron chi connectivity index (χ2n) is 19.8. The van der Waals surface area contributed by atoms with E-state index in [4.69, 9.17) is 9.47 Å². The molecule has 0 heterocycles. The van der Waals surface area contributed by atoms with Gasteiger partial charge in [-0.2, -0.15) is 0 Å². The maximum atomic E-state index is 11.5. The van der Waals surface area contributed by atoms with Crippen LogP contribution in [0.5, 0.6) is 11.5 Å². The highest BCUT2D eigenvalue weighted by molar-refractivity contribution is 5.69. The molecular formula is C61H84O6. The number of esters is 1. The molecule has 6 heteroatoms. The van der Waals surface area contributed by atoms with Crippen molar-refractivity contribution in [2.75, 3.05) is 13.2 Å². The Balaban J connectivity index is 0.000000260. The molecule has 0 bridgehead atoms. The number of unbranched alkanes of at least 4 members (excludes halogenated alkanes) is 1. The van der Waals surface area contributed by atoms with Crippen molar-refractivity contribution >= 4 is 18.1 Å². The number of aliphatic hydroxyl groups is 2. The number of benzene rings is 4. The highest BCUT2D eigenvalue weighted by atomic mass is 16.5. The monoisotopic (exact) mass is 913 g/mol. The number of aryl methyl sites for hydroxylation is 4. The van der Waals surface area contributed by atoms with E-state index in [0.717, 1.165) is 107 Å². The van der Waals surface area contributed by atoms with Crippen molar-refractivity contribution in [3.05, 3.63) is 141 Å². The van der Waals surface area contributed by atoms with Gasteiger partial charge in [0, 0.05) is 17.3 Å². The second kappa shape index (κ2) is 24.6. The summed E-state index contributed by atoms with van der Waals surface area (Å²) in [6.45, 7) is 20.3. The van der Waals surface area contributed by atoms with Crippen molar-refractivity contribution in [2.24, 2.45) is 0 Å². The molecule has 3 N–H and O–H groups in total. The van der Waals surface area contributed by atoms with Gasteiger partial charge in [-0.15, -0.1) is 0 Å². The minimum absolute atomic E-state index is 0.0625. The van der Waals surface area contributed by atoms with Gasteiger partial charge in [-0.3, -0.25) is 4.79 Å². The summed E-state index contributed by atoms with van der Waals surface area (Å²) < 4.78 is 11.0. The Morgan fingerprint density at radius 3 is 1.39 bits per heavy atom. The summed E-state index contributed by atoms with van der Waals surface area (Å²) in [6.07, 6.45) is 24.7. The number of rotatable bonds is 19. The predicted octanol–water partition coefficient (Wildman–Crippen LogP) is 15.1. The number of phenolic OH excluding ortho intramolecular Hbond substituents is 1. The Labute approximate surface area is 404 Å². The first-order chi connectivity index (χ1) is 32.1. The summed E-state index contributed by atoms with van der Waals surface area (Å²) in [5.41, 5.74) is 10.7. The highest BCUT2D eigenvalue weighted by Crippen LogP contribution is 2.43. The van der Waals surface area contributed by atoms with E-state index >= 15 is 0 Å². The minimum Gasteiger partial charge on any atom is -0.508 e. The third-order valence-corrected chi connectivity index (χ3v) is 15.5. The number of ether oxygens (including phenoxy) is 2. The van der Waals surface area contributed by atoms with Crippen LogP contribution >= 0.6 is 0 Å². The van der Waals surface area contributed by atoms with Crippen LogP contribution in [0.2, 0.25) is 0 Å². The zero-order valence-electron chi connectivity index (χ0n) is 42.7. The average Bonchev–Trinajstić information content (AvgIpc) is 3.32. The fraction of sp³-hybridized carbons (Fsp3) is 0.525. The molecule has 67 heavy (non-hydrogen) atoms. The molecule has 2 saturated carbocycles. The van der Waals surface area contributed by atoms with Gasteiger partial charge in [0.25, 0.3) is 0 Å². The van der Waals surface area contributed by atoms with Crippen molar-refractivity contribution in [1.82, 2.24) is 0 Å². The lowest BCUT2D eigenvalue weighted by Crippen LogP contribution is -2.28. The molecule has 2 aliphatic carbocycles. The van der Waals surface area contributed by atoms with Gasteiger partial charge < -0.3 is 24.8 Å². The van der Waals surface area contributed by atoms with Gasteiger partial charge in [0.2, 0.25) is 0 Å². The number of hydrogen-bond donors (Lipinski definition) is 3. The van der Waals surface area contributed by atoms with E-state index in [9.17, 15) is 20.1 Å². The molecule has 0 radical (unpaired) electrons. The summed E-state index contributed by atoms with van der Waals surface area (Å²) >= 11 is 0. The van der Waals surface area contributed by atoms with Gasteiger partial charge in [0.1, 0.15) is 11.5 Å². The normalized spacial score (nSPS) is 16.2. The van der Waals surface area contributed by atoms with Crippen molar-refractivity contribution < 1.29 is 29.6 Å². The molecule has 4 aromatic carbocycles. The number of carbonyl (C=O) groups is 1. The second-order valence-corrected chi connectivity index (χ2v) is 19.8. The van der Waals surface area contributed by atoms with Crippen LogP contribution in [0.3, 0.4) is 0 Å². The first-order valence-corrected chi connectivity index (χ1v) is 25.9. The van der Waals surface area contributed by atoms with Crippen LogP contribution < -0.4 is 4.74 Å². The van der Waals surface area contributed by atoms with Crippen LogP contribution in [-0.4, -0.2) is 45.7 Å². The summed E-state index contributed by atoms with van der Waals surface area (Å²) in [5, 5.41) is 31.6. The highest BCUT2D eigenvalue weighted by Gasteiger charge is 2.33. The van der Waals surface area contributed by atoms with Crippen LogP contribution in [0.25, 0.3) is 12.2 Å². The number of carbonyl (C=O) groups excluding carboxylic acids is 1. The molecule has 0 aliphatic heterocycles. The van der Waals surface area contributed by atoms with E-state index in [1.54, 1.807) is 0 Å². The van der Waals surface area contributed by atoms with E-state index < -0.39 is 11.2 Å². The van der Waals surface area contributed by atoms with Gasteiger partial charge in [-0.25, -0.2) is 0 Å². The van der Waals surface area contributed by atoms with Gasteiger partial charge in [-0.05, 0) is 167 Å². The summed E-state index contributed by atoms with van der Waals surface area (Å²) in [5.74, 6) is 1.12. The maximum absolute atomic E-state index is 11.5. The maximum Gasteiger partial charge on any atom is 0.305 e. The molecule has 0 unspecified atom stereocenters. The Morgan fingerprint density at radius 2 is 0.985 bits per heavy atom. The van der Waals surface area contributed by atoms with E-state index in [-0.39, 0.29) is 16.8 Å². The first kappa shape index (κ1) is 53.3. The fourth-order valence-electron chi connectivity index (χ4n) is 10.8. The van der Waals surface area contributed by atoms with Crippen LogP contribution in [0.1, 0.15) is 199 Å². The molecular weight excluding hydrogens is 829 g/mol. The lowest BCUT2D eigenvalue weighted by atomic mass is 9.70. The largest absolute Gasteiger partial charge is 0.508 e. The molecule has 2 fully saturated rings. The molecule has 0 atom stereocenters. The molecule has 0 saturated heterocycles. The standard InChI is InChI=1S/C34H48O4.C27H36O2/c1-6-34(7-2,29-16-15-28(26(4)24-29)19-22-33(36)20-11-9-12-21-33)30-17-18-31(27(5)25-30)38-23-13-10-14-32(35)37-8-3;1-5-27(6-2,24-12-13-25(28)21(4)19-24)23-11-10-22(20(3)18-23)14-17-26(29)15-8-7-9-16-26/h15-19,22,24-25,36H,6-14,20-21,23H2,1-5H3;10-14,17-19,28-29H,5-9,15-16H2,1-4H3/b22-19+;17-14+. The number of phenols is 1. The predicted molar refractivity (Wildman–Crippen MR) is 279 cm³/mol. The fourth-order valence-corrected chi connectivity index (χ4v) is 10.8. The molecule has 4 aromatic rings. The summed E-state index contributed by atoms with van der Waals surface area (Å²) in [4.78, 5) is 11.5. The molecule has 6 rings (SSSR count). The van der Waals surface area contributed by atoms with Crippen LogP contribution in [0.15, 0.2) is 84.9 Å². The summed E-state index contributed by atoms with van der Waals surface area (Å²) in [7, 11) is 0. The lowest BCUT2D eigenvalue weighted by Gasteiger charge is -2.34. The van der Waals surface area contributed by atoms with E-state index in [0.29, 0.717) is 25.4 Å². The summed E-state index contributed by atoms with van der Waals surface area (Å²) in [6, 6.07) is 26.2. The van der Waals surface area contributed by atoms with Crippen molar-refractivity contribution in [3.8, 4) is 11.5 Å². The topological polar surface area (TPSA) is 96.2 Å².